The van der Waals surface area contributed by atoms with Gasteiger partial charge in [0, 0.05) is 57.3 Å². The molecule has 0 saturated heterocycles. The summed E-state index contributed by atoms with van der Waals surface area (Å²) in [5, 5.41) is 4.34. The number of rotatable bonds is 6. The molecule has 0 radical (unpaired) electrons. The molecule has 3 aromatic heterocycles. The van der Waals surface area contributed by atoms with E-state index in [1.165, 1.54) is 22.4 Å². The number of para-hydroxylation sites is 3. The third-order valence-electron chi connectivity index (χ3n) is 11.4. The average molecular weight is 753 g/mol. The van der Waals surface area contributed by atoms with Crippen LogP contribution in [0.4, 0.5) is 22.7 Å². The van der Waals surface area contributed by atoms with Gasteiger partial charge in [0.2, 0.25) is 0 Å². The third kappa shape index (κ3) is 5.67. The summed E-state index contributed by atoms with van der Waals surface area (Å²) in [5.74, 6) is 2.32. The monoisotopic (exact) mass is 752 g/mol. The van der Waals surface area contributed by atoms with Crippen molar-refractivity contribution >= 4 is 66.5 Å². The summed E-state index contributed by atoms with van der Waals surface area (Å²) in [6.45, 7) is 7.44. The number of anilines is 4. The van der Waals surface area contributed by atoms with Crippen LogP contribution < -0.4 is 14.5 Å². The van der Waals surface area contributed by atoms with Crippen molar-refractivity contribution in [1.82, 2.24) is 9.55 Å². The number of aromatic nitrogens is 2. The lowest BCUT2D eigenvalue weighted by atomic mass is 9.86. The lowest BCUT2D eigenvalue weighted by molar-refractivity contribution is 0.479. The third-order valence-corrected chi connectivity index (χ3v) is 11.4. The SMILES string of the molecule is CC(C)(C)c1cc(Oc2ccc3c4ccccc4n(-c4cc5oc6ccccc6c5cn4)c3c2)cc(N2CN(c3ccccc3)c3ccc(-c4ccccc4)cc32)c1. The number of ether oxygens (including phenoxy) is 1. The lowest BCUT2D eigenvalue weighted by Crippen LogP contribution is -2.24. The van der Waals surface area contributed by atoms with Gasteiger partial charge in [0.25, 0.3) is 0 Å². The number of fused-ring (bicyclic) bond motifs is 7. The first-order valence-electron chi connectivity index (χ1n) is 19.8. The summed E-state index contributed by atoms with van der Waals surface area (Å²) in [6.07, 6.45) is 1.93. The van der Waals surface area contributed by atoms with Gasteiger partial charge in [0.1, 0.15) is 35.2 Å². The van der Waals surface area contributed by atoms with E-state index in [0.717, 1.165) is 78.1 Å². The maximum Gasteiger partial charge on any atom is 0.141 e. The summed E-state index contributed by atoms with van der Waals surface area (Å²) < 4.78 is 15.4. The molecule has 0 N–H and O–H groups in total. The number of furan rings is 1. The van der Waals surface area contributed by atoms with Gasteiger partial charge < -0.3 is 19.0 Å². The largest absolute Gasteiger partial charge is 0.457 e. The highest BCUT2D eigenvalue weighted by molar-refractivity contribution is 6.10. The molecule has 0 aliphatic carbocycles. The minimum absolute atomic E-state index is 0.126. The summed E-state index contributed by atoms with van der Waals surface area (Å²) in [4.78, 5) is 9.81. The maximum absolute atomic E-state index is 6.92. The molecule has 1 aliphatic rings. The molecule has 0 spiro atoms. The molecule has 10 aromatic rings. The van der Waals surface area contributed by atoms with Gasteiger partial charge in [-0.15, -0.1) is 0 Å². The zero-order valence-electron chi connectivity index (χ0n) is 32.6. The van der Waals surface area contributed by atoms with Crippen LogP contribution in [0.1, 0.15) is 26.3 Å². The van der Waals surface area contributed by atoms with Crippen LogP contribution in [-0.2, 0) is 5.41 Å². The second-order valence-corrected chi connectivity index (χ2v) is 16.1. The fourth-order valence-corrected chi connectivity index (χ4v) is 8.48. The Morgan fingerprint density at radius 2 is 1.24 bits per heavy atom. The lowest BCUT2D eigenvalue weighted by Gasteiger charge is -2.26. The fraction of sp³-hybridized carbons (Fsp3) is 0.0962. The van der Waals surface area contributed by atoms with Gasteiger partial charge in [-0.3, -0.25) is 4.57 Å². The molecule has 280 valence electrons. The van der Waals surface area contributed by atoms with Gasteiger partial charge in [0.05, 0.1) is 22.4 Å². The molecule has 11 rings (SSSR count). The Kier molecular flexibility index (Phi) is 7.70. The van der Waals surface area contributed by atoms with E-state index in [2.05, 4.69) is 181 Å². The van der Waals surface area contributed by atoms with Gasteiger partial charge in [-0.25, -0.2) is 4.98 Å². The minimum atomic E-state index is -0.126. The zero-order chi connectivity index (χ0) is 39.0. The smallest absolute Gasteiger partial charge is 0.141 e. The quantitative estimate of drug-likeness (QED) is 0.169. The van der Waals surface area contributed by atoms with Crippen molar-refractivity contribution in [3.05, 3.63) is 182 Å². The van der Waals surface area contributed by atoms with E-state index in [1.54, 1.807) is 0 Å². The highest BCUT2D eigenvalue weighted by Gasteiger charge is 2.30. The van der Waals surface area contributed by atoms with Gasteiger partial charge in [-0.1, -0.05) is 112 Å². The number of nitrogens with zero attached hydrogens (tertiary/aromatic N) is 4. The van der Waals surface area contributed by atoms with Crippen LogP contribution in [0.2, 0.25) is 0 Å². The van der Waals surface area contributed by atoms with Crippen LogP contribution in [0.3, 0.4) is 0 Å². The Morgan fingerprint density at radius 1 is 0.517 bits per heavy atom. The van der Waals surface area contributed by atoms with Gasteiger partial charge in [-0.2, -0.15) is 0 Å². The standard InChI is InChI=1S/C52H40N4O2/c1-52(2,3)36-27-38(55-33-54(37-16-8-5-9-17-37)46-25-22-35(26-48(46)55)34-14-6-4-7-15-34)29-40(28-36)57-39-23-24-42-41-18-10-12-20-45(41)56(47(42)30-39)51-31-50-44(32-53-51)43-19-11-13-21-49(43)58-50/h4-32H,33H2,1-3H3. The normalized spacial score (nSPS) is 12.9. The summed E-state index contributed by atoms with van der Waals surface area (Å²) >= 11 is 0. The predicted molar refractivity (Wildman–Crippen MR) is 239 cm³/mol. The van der Waals surface area contributed by atoms with Crippen LogP contribution in [0.25, 0.3) is 60.7 Å². The first-order chi connectivity index (χ1) is 28.4. The number of benzene rings is 7. The number of hydrogen-bond acceptors (Lipinski definition) is 5. The van der Waals surface area contributed by atoms with E-state index < -0.39 is 0 Å². The molecule has 6 heteroatoms. The van der Waals surface area contributed by atoms with Crippen LogP contribution >= 0.6 is 0 Å². The van der Waals surface area contributed by atoms with E-state index in [0.29, 0.717) is 6.67 Å². The molecule has 0 atom stereocenters. The van der Waals surface area contributed by atoms with Crippen molar-refractivity contribution in [1.29, 1.82) is 0 Å². The highest BCUT2D eigenvalue weighted by atomic mass is 16.5. The van der Waals surface area contributed by atoms with Gasteiger partial charge in [0.15, 0.2) is 0 Å². The molecule has 58 heavy (non-hydrogen) atoms. The van der Waals surface area contributed by atoms with Gasteiger partial charge in [-0.05, 0) is 82.8 Å². The number of hydrogen-bond donors (Lipinski definition) is 0. The Bertz CT molecular complexity index is 3180. The Labute approximate surface area is 336 Å². The van der Waals surface area contributed by atoms with E-state index >= 15 is 0 Å². The van der Waals surface area contributed by atoms with Crippen LogP contribution in [0.5, 0.6) is 11.5 Å². The zero-order valence-corrected chi connectivity index (χ0v) is 32.6. The van der Waals surface area contributed by atoms with Crippen LogP contribution in [0.15, 0.2) is 180 Å². The molecular formula is C52H40N4O2. The Balaban J connectivity index is 1.03. The molecule has 0 unspecified atom stereocenters. The van der Waals surface area contributed by atoms with Crippen molar-refractivity contribution in [3.63, 3.8) is 0 Å². The molecule has 0 saturated carbocycles. The van der Waals surface area contributed by atoms with Crippen molar-refractivity contribution in [3.8, 4) is 28.4 Å². The second kappa shape index (κ2) is 13.1. The molecule has 1 aliphatic heterocycles. The Morgan fingerprint density at radius 3 is 2.07 bits per heavy atom. The fourth-order valence-electron chi connectivity index (χ4n) is 8.48. The van der Waals surface area contributed by atoms with E-state index in [1.807, 2.05) is 30.5 Å². The Hall–Kier alpha value is -7.31. The minimum Gasteiger partial charge on any atom is -0.457 e. The second-order valence-electron chi connectivity index (χ2n) is 16.1. The van der Waals surface area contributed by atoms with Crippen LogP contribution in [-0.4, -0.2) is 16.2 Å². The van der Waals surface area contributed by atoms with Crippen LogP contribution in [0, 0.1) is 0 Å². The molecule has 0 amide bonds. The summed E-state index contributed by atoms with van der Waals surface area (Å²) in [7, 11) is 0. The predicted octanol–water partition coefficient (Wildman–Crippen LogP) is 14.1. The molecule has 7 aromatic carbocycles. The van der Waals surface area contributed by atoms with E-state index in [9.17, 15) is 0 Å². The molecular weight excluding hydrogens is 713 g/mol. The first-order valence-corrected chi connectivity index (χ1v) is 19.8. The molecule has 4 heterocycles. The topological polar surface area (TPSA) is 46.7 Å². The maximum atomic E-state index is 6.92. The molecule has 6 nitrogen and oxygen atoms in total. The van der Waals surface area contributed by atoms with Crippen molar-refractivity contribution in [2.24, 2.45) is 0 Å². The summed E-state index contributed by atoms with van der Waals surface area (Å²) in [6, 6.07) is 59.7. The first kappa shape index (κ1) is 34.0. The van der Waals surface area contributed by atoms with E-state index in [-0.39, 0.29) is 5.41 Å². The molecule has 0 bridgehead atoms. The van der Waals surface area contributed by atoms with Crippen molar-refractivity contribution in [2.75, 3.05) is 16.5 Å². The van der Waals surface area contributed by atoms with Gasteiger partial charge >= 0.3 is 0 Å². The van der Waals surface area contributed by atoms with Crippen molar-refractivity contribution in [2.45, 2.75) is 26.2 Å². The highest BCUT2D eigenvalue weighted by Crippen LogP contribution is 2.48. The van der Waals surface area contributed by atoms with E-state index in [4.69, 9.17) is 14.1 Å². The van der Waals surface area contributed by atoms with Crippen molar-refractivity contribution < 1.29 is 9.15 Å². The molecule has 0 fully saturated rings. The average Bonchev–Trinajstić information content (AvgIpc) is 3.93. The number of pyridine rings is 1. The summed E-state index contributed by atoms with van der Waals surface area (Å²) in [5.41, 5.74) is 11.7.